The molecule has 5 rings (SSSR count). The maximum Gasteiger partial charge on any atom is 0.244 e. The number of hydrogen-bond acceptors (Lipinski definition) is 7. The van der Waals surface area contributed by atoms with Gasteiger partial charge in [-0.15, -0.1) is 11.3 Å². The number of methoxy groups -OCH3 is 1. The molecule has 176 valence electrons. The standard InChI is InChI=1S/C23H22ClFN6O2S/c1-14-12-29(18-11-19(33-2)16(24)10-17(18)25)7-8-30(14)20(32)13-31-22-15(4-3-5-26-22)21(28-31)23-27-6-9-34-23/h3-6,9-11,14H,7-8,12-13H2,1-2H3/t14-/m0/s1. The number of aromatic nitrogens is 4. The smallest absolute Gasteiger partial charge is 0.244 e. The first kappa shape index (κ1) is 22.5. The molecule has 1 aliphatic rings. The summed E-state index contributed by atoms with van der Waals surface area (Å²) in [6.07, 6.45) is 3.42. The van der Waals surface area contributed by atoms with E-state index >= 15 is 0 Å². The van der Waals surface area contributed by atoms with E-state index in [2.05, 4.69) is 15.1 Å². The molecule has 4 heterocycles. The van der Waals surface area contributed by atoms with Crippen molar-refractivity contribution in [3.8, 4) is 16.5 Å². The van der Waals surface area contributed by atoms with Gasteiger partial charge in [0.25, 0.3) is 0 Å². The topological polar surface area (TPSA) is 76.4 Å². The van der Waals surface area contributed by atoms with E-state index in [-0.39, 0.29) is 23.5 Å². The predicted molar refractivity (Wildman–Crippen MR) is 130 cm³/mol. The van der Waals surface area contributed by atoms with Crippen molar-refractivity contribution in [3.05, 3.63) is 52.9 Å². The molecule has 0 unspecified atom stereocenters. The number of thiazole rings is 1. The lowest BCUT2D eigenvalue weighted by Gasteiger charge is -2.41. The second-order valence-electron chi connectivity index (χ2n) is 8.04. The van der Waals surface area contributed by atoms with Gasteiger partial charge in [0.15, 0.2) is 5.65 Å². The summed E-state index contributed by atoms with van der Waals surface area (Å²) in [6.45, 7) is 3.44. The number of pyridine rings is 1. The zero-order valence-electron chi connectivity index (χ0n) is 18.6. The number of amides is 1. The fraction of sp³-hybridized carbons (Fsp3) is 0.304. The number of piperazine rings is 1. The maximum absolute atomic E-state index is 14.6. The summed E-state index contributed by atoms with van der Waals surface area (Å²) >= 11 is 7.52. The van der Waals surface area contributed by atoms with Gasteiger partial charge in [-0.1, -0.05) is 11.6 Å². The van der Waals surface area contributed by atoms with Crippen molar-refractivity contribution in [2.75, 3.05) is 31.6 Å². The zero-order chi connectivity index (χ0) is 23.8. The summed E-state index contributed by atoms with van der Waals surface area (Å²) in [5, 5.41) is 8.42. The molecule has 0 radical (unpaired) electrons. The number of halogens is 2. The molecule has 1 aromatic carbocycles. The van der Waals surface area contributed by atoms with Crippen LogP contribution in [0.5, 0.6) is 5.75 Å². The van der Waals surface area contributed by atoms with Crippen LogP contribution < -0.4 is 9.64 Å². The Bertz CT molecular complexity index is 1340. The molecule has 0 spiro atoms. The fourth-order valence-corrected chi connectivity index (χ4v) is 5.16. The van der Waals surface area contributed by atoms with E-state index < -0.39 is 5.82 Å². The maximum atomic E-state index is 14.6. The highest BCUT2D eigenvalue weighted by molar-refractivity contribution is 7.13. The molecule has 1 amide bonds. The molecule has 0 aliphatic carbocycles. The lowest BCUT2D eigenvalue weighted by Crippen LogP contribution is -2.55. The third kappa shape index (κ3) is 4.07. The van der Waals surface area contributed by atoms with Crippen molar-refractivity contribution in [1.82, 2.24) is 24.6 Å². The number of benzene rings is 1. The average Bonchev–Trinajstić information content (AvgIpc) is 3.48. The van der Waals surface area contributed by atoms with Gasteiger partial charge in [-0.3, -0.25) is 4.79 Å². The minimum Gasteiger partial charge on any atom is -0.495 e. The molecule has 1 fully saturated rings. The normalized spacial score (nSPS) is 16.3. The molecule has 0 N–H and O–H groups in total. The number of rotatable bonds is 5. The van der Waals surface area contributed by atoms with Crippen molar-refractivity contribution >= 4 is 45.6 Å². The number of nitrogens with zero attached hydrogens (tertiary/aromatic N) is 6. The Morgan fingerprint density at radius 3 is 2.88 bits per heavy atom. The molecular weight excluding hydrogens is 479 g/mol. The van der Waals surface area contributed by atoms with E-state index in [1.807, 2.05) is 29.3 Å². The second kappa shape index (κ2) is 9.19. The van der Waals surface area contributed by atoms with Crippen LogP contribution in [0.2, 0.25) is 5.02 Å². The first-order chi connectivity index (χ1) is 16.5. The van der Waals surface area contributed by atoms with Gasteiger partial charge in [-0.05, 0) is 25.1 Å². The number of anilines is 1. The minimum absolute atomic E-state index is 0.0619. The number of hydrogen-bond donors (Lipinski definition) is 0. The zero-order valence-corrected chi connectivity index (χ0v) is 20.2. The van der Waals surface area contributed by atoms with Crippen LogP contribution in [0.1, 0.15) is 6.92 Å². The third-order valence-electron chi connectivity index (χ3n) is 5.94. The van der Waals surface area contributed by atoms with Gasteiger partial charge in [0.1, 0.15) is 28.8 Å². The molecule has 3 aromatic heterocycles. The molecular formula is C23H22ClFN6O2S. The molecule has 11 heteroatoms. The van der Waals surface area contributed by atoms with Gasteiger partial charge in [0.05, 0.1) is 17.8 Å². The molecule has 8 nitrogen and oxygen atoms in total. The highest BCUT2D eigenvalue weighted by Gasteiger charge is 2.30. The Morgan fingerprint density at radius 2 is 2.15 bits per heavy atom. The molecule has 0 saturated carbocycles. The van der Waals surface area contributed by atoms with Crippen LogP contribution in [-0.4, -0.2) is 63.3 Å². The van der Waals surface area contributed by atoms with Crippen LogP contribution in [0.25, 0.3) is 21.7 Å². The highest BCUT2D eigenvalue weighted by atomic mass is 35.5. The van der Waals surface area contributed by atoms with E-state index in [1.165, 1.54) is 24.5 Å². The van der Waals surface area contributed by atoms with E-state index in [0.29, 0.717) is 36.7 Å². The quantitative estimate of drug-likeness (QED) is 0.411. The van der Waals surface area contributed by atoms with Gasteiger partial charge in [0.2, 0.25) is 5.91 Å². The second-order valence-corrected chi connectivity index (χ2v) is 9.34. The summed E-state index contributed by atoms with van der Waals surface area (Å²) < 4.78 is 21.5. The van der Waals surface area contributed by atoms with E-state index in [1.54, 1.807) is 28.0 Å². The SMILES string of the molecule is COc1cc(N2CCN(C(=O)Cn3nc(-c4nccs4)c4cccnc43)[C@@H](C)C2)c(F)cc1Cl. The first-order valence-electron chi connectivity index (χ1n) is 10.7. The average molecular weight is 501 g/mol. The Hall–Kier alpha value is -3.24. The largest absolute Gasteiger partial charge is 0.495 e. The number of carbonyl (C=O) groups excluding carboxylic acids is 1. The first-order valence-corrected chi connectivity index (χ1v) is 12.0. The summed E-state index contributed by atoms with van der Waals surface area (Å²) in [5.74, 6) is -0.0676. The van der Waals surface area contributed by atoms with Crippen molar-refractivity contribution in [1.29, 1.82) is 0 Å². The Labute approximate surface area is 204 Å². The Morgan fingerprint density at radius 1 is 1.29 bits per heavy atom. The van der Waals surface area contributed by atoms with Gasteiger partial charge in [-0.2, -0.15) is 5.10 Å². The van der Waals surface area contributed by atoms with Crippen molar-refractivity contribution < 1.29 is 13.9 Å². The van der Waals surface area contributed by atoms with Crippen LogP contribution in [-0.2, 0) is 11.3 Å². The van der Waals surface area contributed by atoms with Crippen LogP contribution >= 0.6 is 22.9 Å². The summed E-state index contributed by atoms with van der Waals surface area (Å²) in [7, 11) is 1.50. The summed E-state index contributed by atoms with van der Waals surface area (Å²) in [5.41, 5.74) is 1.77. The molecule has 1 atom stereocenters. The van der Waals surface area contributed by atoms with Gasteiger partial charge in [-0.25, -0.2) is 19.0 Å². The van der Waals surface area contributed by atoms with Gasteiger partial charge >= 0.3 is 0 Å². The van der Waals surface area contributed by atoms with E-state index in [0.717, 1.165) is 16.1 Å². The van der Waals surface area contributed by atoms with Crippen LogP contribution in [0.15, 0.2) is 42.0 Å². The minimum atomic E-state index is -0.415. The van der Waals surface area contributed by atoms with Crippen LogP contribution in [0, 0.1) is 5.82 Å². The van der Waals surface area contributed by atoms with Crippen molar-refractivity contribution in [2.45, 2.75) is 19.5 Å². The Balaban J connectivity index is 1.34. The highest BCUT2D eigenvalue weighted by Crippen LogP contribution is 2.33. The number of ether oxygens (including phenoxy) is 1. The van der Waals surface area contributed by atoms with E-state index in [4.69, 9.17) is 16.3 Å². The molecule has 0 bridgehead atoms. The number of fused-ring (bicyclic) bond motifs is 1. The third-order valence-corrected chi connectivity index (χ3v) is 7.01. The predicted octanol–water partition coefficient (Wildman–Crippen LogP) is 4.09. The lowest BCUT2D eigenvalue weighted by atomic mass is 10.1. The Kier molecular flexibility index (Phi) is 6.09. The fourth-order valence-electron chi connectivity index (χ4n) is 4.30. The lowest BCUT2D eigenvalue weighted by molar-refractivity contribution is -0.134. The monoisotopic (exact) mass is 500 g/mol. The molecule has 34 heavy (non-hydrogen) atoms. The van der Waals surface area contributed by atoms with E-state index in [9.17, 15) is 9.18 Å². The molecule has 4 aromatic rings. The van der Waals surface area contributed by atoms with Gasteiger partial charge in [0, 0.05) is 54.9 Å². The summed E-state index contributed by atoms with van der Waals surface area (Å²) in [4.78, 5) is 25.8. The molecule has 1 aliphatic heterocycles. The van der Waals surface area contributed by atoms with Gasteiger partial charge < -0.3 is 14.5 Å². The van der Waals surface area contributed by atoms with Crippen molar-refractivity contribution in [3.63, 3.8) is 0 Å². The number of carbonyl (C=O) groups is 1. The van der Waals surface area contributed by atoms with Crippen molar-refractivity contribution in [2.24, 2.45) is 0 Å². The summed E-state index contributed by atoms with van der Waals surface area (Å²) in [6, 6.07) is 6.51. The van der Waals surface area contributed by atoms with Crippen LogP contribution in [0.3, 0.4) is 0 Å². The van der Waals surface area contributed by atoms with Crippen LogP contribution in [0.4, 0.5) is 10.1 Å². The molecule has 1 saturated heterocycles.